The Morgan fingerprint density at radius 1 is 1.08 bits per heavy atom. The van der Waals surface area contributed by atoms with Crippen molar-refractivity contribution in [3.63, 3.8) is 0 Å². The second-order valence-corrected chi connectivity index (χ2v) is 6.94. The minimum Gasteiger partial charge on any atom is -0.305 e. The molecule has 0 fully saturated rings. The number of halogens is 2. The third-order valence-electron chi connectivity index (χ3n) is 3.66. The second kappa shape index (κ2) is 7.37. The normalized spacial score (nSPS) is 15.6. The van der Waals surface area contributed by atoms with E-state index in [2.05, 4.69) is 0 Å². The van der Waals surface area contributed by atoms with E-state index < -0.39 is 5.78 Å². The average molecular weight is 387 g/mol. The molecule has 0 spiro atoms. The van der Waals surface area contributed by atoms with Gasteiger partial charge in [-0.1, -0.05) is 59.2 Å². The van der Waals surface area contributed by atoms with Crippen LogP contribution >= 0.6 is 35.0 Å². The molecule has 0 bridgehead atoms. The minimum absolute atomic E-state index is 0.0334. The van der Waals surface area contributed by atoms with Crippen molar-refractivity contribution in [2.45, 2.75) is 6.92 Å². The van der Waals surface area contributed by atoms with Gasteiger partial charge in [-0.25, -0.2) is 0 Å². The molecule has 1 aliphatic heterocycles. The molecule has 3 rings (SSSR count). The van der Waals surface area contributed by atoms with Crippen LogP contribution in [-0.4, -0.2) is 5.78 Å². The fourth-order valence-electron chi connectivity index (χ4n) is 2.49. The van der Waals surface area contributed by atoms with Crippen molar-refractivity contribution < 1.29 is 4.79 Å². The number of para-hydroxylation sites is 1. The molecule has 124 valence electrons. The molecule has 0 atom stereocenters. The monoisotopic (exact) mass is 386 g/mol. The summed E-state index contributed by atoms with van der Waals surface area (Å²) in [6.07, 6.45) is 0. The lowest BCUT2D eigenvalue weighted by Gasteiger charge is -2.23. The number of anilines is 1. The quantitative estimate of drug-likeness (QED) is 0.367. The maximum atomic E-state index is 12.9. The van der Waals surface area contributed by atoms with Gasteiger partial charge in [-0.2, -0.15) is 5.26 Å². The number of Topliss-reactive ketones (excluding diaryl/α,β-unsaturated/α-hetero) is 1. The maximum absolute atomic E-state index is 12.9. The second-order valence-electron chi connectivity index (χ2n) is 5.26. The molecule has 2 aromatic rings. The minimum atomic E-state index is -0.407. The highest BCUT2D eigenvalue weighted by atomic mass is 35.5. The molecule has 3 nitrogen and oxygen atoms in total. The molecule has 6 heteroatoms. The Hall–Kier alpha value is -2.19. The van der Waals surface area contributed by atoms with Crippen molar-refractivity contribution in [2.75, 3.05) is 4.90 Å². The first-order chi connectivity index (χ1) is 12.0. The summed E-state index contributed by atoms with van der Waals surface area (Å²) < 4.78 is 0. The van der Waals surface area contributed by atoms with E-state index in [1.807, 2.05) is 41.5 Å². The van der Waals surface area contributed by atoms with Crippen molar-refractivity contribution in [1.29, 1.82) is 5.26 Å². The van der Waals surface area contributed by atoms with E-state index in [9.17, 15) is 10.1 Å². The van der Waals surface area contributed by atoms with Gasteiger partial charge < -0.3 is 4.90 Å². The molecule has 2 aromatic carbocycles. The molecule has 1 heterocycles. The van der Waals surface area contributed by atoms with Crippen LogP contribution in [-0.2, 0) is 0 Å². The zero-order valence-corrected chi connectivity index (χ0v) is 15.5. The van der Waals surface area contributed by atoms with Gasteiger partial charge in [0.15, 0.2) is 0 Å². The van der Waals surface area contributed by atoms with Crippen LogP contribution in [0.2, 0.25) is 10.0 Å². The van der Waals surface area contributed by atoms with E-state index in [0.29, 0.717) is 20.6 Å². The number of allylic oxidation sites excluding steroid dienone is 2. The first-order valence-electron chi connectivity index (χ1n) is 7.36. The average Bonchev–Trinajstić information content (AvgIpc) is 2.98. The SMILES string of the molecule is CC1=CS/C(=C(/C#N)C(=O)c2ccccc2Cl)N1c1ccccc1Cl. The fourth-order valence-corrected chi connectivity index (χ4v) is 3.92. The summed E-state index contributed by atoms with van der Waals surface area (Å²) in [7, 11) is 0. The Labute approximate surface area is 160 Å². The Morgan fingerprint density at radius 2 is 1.72 bits per heavy atom. The predicted octanol–water partition coefficient (Wildman–Crippen LogP) is 6.03. The van der Waals surface area contributed by atoms with Crippen LogP contribution in [0.25, 0.3) is 0 Å². The Bertz CT molecular complexity index is 960. The molecule has 0 N–H and O–H groups in total. The highest BCUT2D eigenvalue weighted by molar-refractivity contribution is 8.06. The fraction of sp³-hybridized carbons (Fsp3) is 0.0526. The number of nitriles is 1. The van der Waals surface area contributed by atoms with Gasteiger partial charge in [0.1, 0.15) is 16.7 Å². The van der Waals surface area contributed by atoms with E-state index in [1.54, 1.807) is 30.3 Å². The van der Waals surface area contributed by atoms with Gasteiger partial charge in [0.25, 0.3) is 0 Å². The van der Waals surface area contributed by atoms with Crippen LogP contribution in [0.1, 0.15) is 17.3 Å². The number of hydrogen-bond donors (Lipinski definition) is 0. The van der Waals surface area contributed by atoms with Gasteiger partial charge in [0.05, 0.1) is 15.7 Å². The lowest BCUT2D eigenvalue weighted by atomic mass is 10.0. The van der Waals surface area contributed by atoms with Crippen LogP contribution in [0.4, 0.5) is 5.69 Å². The highest BCUT2D eigenvalue weighted by Crippen LogP contribution is 2.43. The first-order valence-corrected chi connectivity index (χ1v) is 9.00. The summed E-state index contributed by atoms with van der Waals surface area (Å²) in [5, 5.41) is 12.9. The molecule has 0 aliphatic carbocycles. The number of ketones is 1. The summed E-state index contributed by atoms with van der Waals surface area (Å²) in [5.74, 6) is -0.407. The van der Waals surface area contributed by atoms with Crippen LogP contribution in [0, 0.1) is 11.3 Å². The predicted molar refractivity (Wildman–Crippen MR) is 104 cm³/mol. The summed E-state index contributed by atoms with van der Waals surface area (Å²) in [6, 6.07) is 16.1. The van der Waals surface area contributed by atoms with Crippen LogP contribution in [0.5, 0.6) is 0 Å². The van der Waals surface area contributed by atoms with Crippen LogP contribution in [0.15, 0.2) is 70.2 Å². The topological polar surface area (TPSA) is 44.1 Å². The van der Waals surface area contributed by atoms with Crippen molar-refractivity contribution in [1.82, 2.24) is 0 Å². The van der Waals surface area contributed by atoms with Crippen molar-refractivity contribution in [2.24, 2.45) is 0 Å². The standard InChI is InChI=1S/C19H12Cl2N2OS/c1-12-11-25-19(23(12)17-9-5-4-8-16(17)21)14(10-22)18(24)13-6-2-3-7-15(13)20/h2-9,11H,1H3/b19-14-. The number of carbonyl (C=O) groups excluding carboxylic acids is 1. The maximum Gasteiger partial charge on any atom is 0.207 e. The van der Waals surface area contributed by atoms with Gasteiger partial charge in [0, 0.05) is 11.3 Å². The first kappa shape index (κ1) is 17.6. The molecule has 0 amide bonds. The Kier molecular flexibility index (Phi) is 5.19. The van der Waals surface area contributed by atoms with Gasteiger partial charge in [-0.15, -0.1) is 0 Å². The van der Waals surface area contributed by atoms with E-state index in [1.165, 1.54) is 11.8 Å². The third-order valence-corrected chi connectivity index (χ3v) is 5.38. The van der Waals surface area contributed by atoms with Crippen LogP contribution in [0.3, 0.4) is 0 Å². The molecule has 0 radical (unpaired) electrons. The highest BCUT2D eigenvalue weighted by Gasteiger charge is 2.29. The number of hydrogen-bond acceptors (Lipinski definition) is 4. The zero-order chi connectivity index (χ0) is 18.0. The summed E-state index contributed by atoms with van der Waals surface area (Å²) in [5.41, 5.74) is 1.94. The van der Waals surface area contributed by atoms with Gasteiger partial charge >= 0.3 is 0 Å². The smallest absolute Gasteiger partial charge is 0.207 e. The van der Waals surface area contributed by atoms with Gasteiger partial charge in [-0.3, -0.25) is 4.79 Å². The van der Waals surface area contributed by atoms with Crippen LogP contribution < -0.4 is 4.90 Å². The number of nitrogens with zero attached hydrogens (tertiary/aromatic N) is 2. The molecule has 25 heavy (non-hydrogen) atoms. The molecule has 0 aromatic heterocycles. The molecule has 0 saturated carbocycles. The lowest BCUT2D eigenvalue weighted by Crippen LogP contribution is -2.19. The molecular formula is C19H12Cl2N2OS. The molecular weight excluding hydrogens is 375 g/mol. The summed E-state index contributed by atoms with van der Waals surface area (Å²) in [6.45, 7) is 1.90. The van der Waals surface area contributed by atoms with E-state index in [-0.39, 0.29) is 5.57 Å². The largest absolute Gasteiger partial charge is 0.305 e. The van der Waals surface area contributed by atoms with E-state index >= 15 is 0 Å². The van der Waals surface area contributed by atoms with Gasteiger partial charge in [0.2, 0.25) is 5.78 Å². The number of benzene rings is 2. The van der Waals surface area contributed by atoms with Crippen molar-refractivity contribution in [3.05, 3.63) is 85.8 Å². The zero-order valence-electron chi connectivity index (χ0n) is 13.2. The number of rotatable bonds is 3. The summed E-state index contributed by atoms with van der Waals surface area (Å²) >= 11 is 13.8. The van der Waals surface area contributed by atoms with Crippen molar-refractivity contribution >= 4 is 46.4 Å². The Morgan fingerprint density at radius 3 is 2.36 bits per heavy atom. The van der Waals surface area contributed by atoms with Crippen molar-refractivity contribution in [3.8, 4) is 6.07 Å². The Balaban J connectivity index is 2.13. The summed E-state index contributed by atoms with van der Waals surface area (Å²) in [4.78, 5) is 14.7. The lowest BCUT2D eigenvalue weighted by molar-refractivity contribution is 0.103. The van der Waals surface area contributed by atoms with E-state index in [4.69, 9.17) is 23.2 Å². The number of thioether (sulfide) groups is 1. The van der Waals surface area contributed by atoms with Gasteiger partial charge in [-0.05, 0) is 36.6 Å². The third kappa shape index (κ3) is 3.32. The molecule has 1 aliphatic rings. The molecule has 0 unspecified atom stereocenters. The molecule has 0 saturated heterocycles. The number of carbonyl (C=O) groups is 1. The van der Waals surface area contributed by atoms with E-state index in [0.717, 1.165) is 11.4 Å².